The number of rotatable bonds is 5. The Morgan fingerprint density at radius 1 is 1.44 bits per heavy atom. The van der Waals surface area contributed by atoms with Crippen molar-refractivity contribution in [2.45, 2.75) is 39.5 Å². The maximum absolute atomic E-state index is 10.8. The lowest BCUT2D eigenvalue weighted by molar-refractivity contribution is -0.141. The largest absolute Gasteiger partial charge is 0.481 e. The summed E-state index contributed by atoms with van der Waals surface area (Å²) in [6.45, 7) is 5.83. The number of aliphatic carboxylic acids is 1. The van der Waals surface area contributed by atoms with Crippen LogP contribution in [0.4, 0.5) is 0 Å². The van der Waals surface area contributed by atoms with Gasteiger partial charge in [0.25, 0.3) is 0 Å². The van der Waals surface area contributed by atoms with Crippen LogP contribution in [0.2, 0.25) is 0 Å². The summed E-state index contributed by atoms with van der Waals surface area (Å²) in [4.78, 5) is 13.0. The number of carbonyl (C=O) groups is 1. The molecule has 3 atom stereocenters. The van der Waals surface area contributed by atoms with Crippen LogP contribution in [0, 0.1) is 17.8 Å². The Hall–Kier alpha value is -0.570. The first-order valence-electron chi connectivity index (χ1n) is 6.42. The molecule has 1 N–H and O–H groups in total. The molecule has 0 spiro atoms. The van der Waals surface area contributed by atoms with E-state index in [0.29, 0.717) is 6.54 Å². The van der Waals surface area contributed by atoms with Gasteiger partial charge in [-0.1, -0.05) is 33.1 Å². The lowest BCUT2D eigenvalue weighted by atomic mass is 9.80. The highest BCUT2D eigenvalue weighted by molar-refractivity contribution is 5.69. The Morgan fingerprint density at radius 3 is 2.62 bits per heavy atom. The van der Waals surface area contributed by atoms with Crippen molar-refractivity contribution in [2.75, 3.05) is 20.1 Å². The molecule has 16 heavy (non-hydrogen) atoms. The first-order chi connectivity index (χ1) is 7.50. The summed E-state index contributed by atoms with van der Waals surface area (Å²) in [6.07, 6.45) is 5.37. The van der Waals surface area contributed by atoms with Crippen molar-refractivity contribution in [1.82, 2.24) is 4.90 Å². The molecule has 3 unspecified atom stereocenters. The lowest BCUT2D eigenvalue weighted by Gasteiger charge is -2.32. The fourth-order valence-corrected chi connectivity index (χ4v) is 2.68. The zero-order valence-corrected chi connectivity index (χ0v) is 10.8. The first kappa shape index (κ1) is 13.5. The van der Waals surface area contributed by atoms with Crippen LogP contribution in [-0.2, 0) is 4.79 Å². The summed E-state index contributed by atoms with van der Waals surface area (Å²) in [5.74, 6) is 0.614. The van der Waals surface area contributed by atoms with E-state index in [4.69, 9.17) is 5.11 Å². The van der Waals surface area contributed by atoms with E-state index in [1.165, 1.54) is 25.7 Å². The van der Waals surface area contributed by atoms with Gasteiger partial charge in [-0.25, -0.2) is 0 Å². The molecule has 1 rings (SSSR count). The number of nitrogens with zero attached hydrogens (tertiary/aromatic N) is 1. The molecule has 0 bridgehead atoms. The molecule has 1 saturated carbocycles. The van der Waals surface area contributed by atoms with Gasteiger partial charge in [-0.05, 0) is 25.3 Å². The average molecular weight is 227 g/mol. The van der Waals surface area contributed by atoms with Crippen LogP contribution >= 0.6 is 0 Å². The molecular weight excluding hydrogens is 202 g/mol. The predicted octanol–water partition coefficient (Wildman–Crippen LogP) is 2.47. The van der Waals surface area contributed by atoms with Gasteiger partial charge in [0.15, 0.2) is 0 Å². The minimum Gasteiger partial charge on any atom is -0.481 e. The highest BCUT2D eigenvalue weighted by Gasteiger charge is 2.23. The molecule has 0 aliphatic heterocycles. The Bertz CT molecular complexity index is 230. The molecule has 0 amide bonds. The fourth-order valence-electron chi connectivity index (χ4n) is 2.68. The number of carboxylic acids is 1. The monoisotopic (exact) mass is 227 g/mol. The predicted molar refractivity (Wildman–Crippen MR) is 65.4 cm³/mol. The smallest absolute Gasteiger partial charge is 0.307 e. The van der Waals surface area contributed by atoms with Crippen LogP contribution in [0.3, 0.4) is 0 Å². The van der Waals surface area contributed by atoms with E-state index in [9.17, 15) is 4.79 Å². The zero-order chi connectivity index (χ0) is 12.1. The summed E-state index contributed by atoms with van der Waals surface area (Å²) in [5.41, 5.74) is 0. The zero-order valence-electron chi connectivity index (χ0n) is 10.8. The van der Waals surface area contributed by atoms with Crippen molar-refractivity contribution in [3.05, 3.63) is 0 Å². The maximum Gasteiger partial charge on any atom is 0.307 e. The van der Waals surface area contributed by atoms with Crippen LogP contribution in [0.1, 0.15) is 39.5 Å². The molecule has 0 heterocycles. The molecule has 1 fully saturated rings. The van der Waals surface area contributed by atoms with Gasteiger partial charge in [0.1, 0.15) is 0 Å². The summed E-state index contributed by atoms with van der Waals surface area (Å²) in [7, 11) is 2.04. The second kappa shape index (κ2) is 6.24. The van der Waals surface area contributed by atoms with Crippen LogP contribution < -0.4 is 0 Å². The molecule has 0 saturated heterocycles. The van der Waals surface area contributed by atoms with Crippen molar-refractivity contribution in [3.63, 3.8) is 0 Å². The Kier molecular flexibility index (Phi) is 5.26. The third-order valence-corrected chi connectivity index (χ3v) is 3.84. The summed E-state index contributed by atoms with van der Waals surface area (Å²) >= 11 is 0. The van der Waals surface area contributed by atoms with Crippen molar-refractivity contribution in [3.8, 4) is 0 Å². The van der Waals surface area contributed by atoms with Crippen LogP contribution in [-0.4, -0.2) is 36.1 Å². The summed E-state index contributed by atoms with van der Waals surface area (Å²) < 4.78 is 0. The number of hydrogen-bond acceptors (Lipinski definition) is 2. The Morgan fingerprint density at radius 2 is 2.06 bits per heavy atom. The fraction of sp³-hybridized carbons (Fsp3) is 0.923. The molecule has 0 aromatic heterocycles. The highest BCUT2D eigenvalue weighted by atomic mass is 16.4. The van der Waals surface area contributed by atoms with Gasteiger partial charge in [-0.2, -0.15) is 0 Å². The molecule has 3 nitrogen and oxygen atoms in total. The van der Waals surface area contributed by atoms with E-state index in [1.54, 1.807) is 6.92 Å². The lowest BCUT2D eigenvalue weighted by Crippen LogP contribution is -2.35. The van der Waals surface area contributed by atoms with Crippen LogP contribution in [0.15, 0.2) is 0 Å². The van der Waals surface area contributed by atoms with E-state index in [2.05, 4.69) is 11.8 Å². The van der Waals surface area contributed by atoms with E-state index in [1.807, 2.05) is 7.05 Å². The molecular formula is C13H25NO2. The normalized spacial score (nSPS) is 28.0. The minimum atomic E-state index is -0.691. The van der Waals surface area contributed by atoms with E-state index >= 15 is 0 Å². The number of carboxylic acid groups (broad SMARTS) is 1. The average Bonchev–Trinajstić information content (AvgIpc) is 2.21. The maximum atomic E-state index is 10.8. The van der Waals surface area contributed by atoms with Gasteiger partial charge in [-0.15, -0.1) is 0 Å². The van der Waals surface area contributed by atoms with E-state index in [0.717, 1.165) is 18.4 Å². The molecule has 1 aliphatic rings. The first-order valence-corrected chi connectivity index (χ1v) is 6.42. The van der Waals surface area contributed by atoms with Crippen molar-refractivity contribution in [1.29, 1.82) is 0 Å². The molecule has 0 aromatic carbocycles. The van der Waals surface area contributed by atoms with Gasteiger partial charge in [0.05, 0.1) is 5.92 Å². The van der Waals surface area contributed by atoms with Gasteiger partial charge in [0, 0.05) is 13.1 Å². The Balaban J connectivity index is 2.32. The van der Waals surface area contributed by atoms with Gasteiger partial charge >= 0.3 is 5.97 Å². The van der Waals surface area contributed by atoms with Crippen molar-refractivity contribution < 1.29 is 9.90 Å². The summed E-state index contributed by atoms with van der Waals surface area (Å²) in [6, 6.07) is 0. The van der Waals surface area contributed by atoms with Crippen LogP contribution in [0.25, 0.3) is 0 Å². The standard InChI is InChI=1S/C13H25NO2/c1-10-6-4-5-7-12(10)9-14(3)8-11(2)13(15)16/h10-12H,4-9H2,1-3H3,(H,15,16). The third kappa shape index (κ3) is 4.12. The summed E-state index contributed by atoms with van der Waals surface area (Å²) in [5, 5.41) is 8.86. The second-order valence-electron chi connectivity index (χ2n) is 5.48. The van der Waals surface area contributed by atoms with Gasteiger partial charge < -0.3 is 10.0 Å². The molecule has 0 radical (unpaired) electrons. The van der Waals surface area contributed by atoms with E-state index < -0.39 is 5.97 Å². The second-order valence-corrected chi connectivity index (χ2v) is 5.48. The van der Waals surface area contributed by atoms with E-state index in [-0.39, 0.29) is 5.92 Å². The van der Waals surface area contributed by atoms with Gasteiger partial charge in [-0.3, -0.25) is 4.79 Å². The molecule has 3 heteroatoms. The minimum absolute atomic E-state index is 0.260. The molecule has 94 valence electrons. The SMILES string of the molecule is CC(CN(C)CC1CCCCC1C)C(=O)O. The number of hydrogen-bond donors (Lipinski definition) is 1. The van der Waals surface area contributed by atoms with Crippen molar-refractivity contribution in [2.24, 2.45) is 17.8 Å². The molecule has 0 aromatic rings. The topological polar surface area (TPSA) is 40.5 Å². The highest BCUT2D eigenvalue weighted by Crippen LogP contribution is 2.29. The Labute approximate surface area is 98.8 Å². The van der Waals surface area contributed by atoms with Gasteiger partial charge in [0.2, 0.25) is 0 Å². The quantitative estimate of drug-likeness (QED) is 0.784. The third-order valence-electron chi connectivity index (χ3n) is 3.84. The van der Waals surface area contributed by atoms with Crippen LogP contribution in [0.5, 0.6) is 0 Å². The molecule has 1 aliphatic carbocycles. The van der Waals surface area contributed by atoms with Crippen molar-refractivity contribution >= 4 is 5.97 Å².